The summed E-state index contributed by atoms with van der Waals surface area (Å²) >= 11 is 0. The van der Waals surface area contributed by atoms with Gasteiger partial charge in [0.2, 0.25) is 5.91 Å². The Kier molecular flexibility index (Phi) is 2.77. The van der Waals surface area contributed by atoms with Gasteiger partial charge in [-0.3, -0.25) is 10.1 Å². The molecule has 1 saturated carbocycles. The van der Waals surface area contributed by atoms with E-state index in [4.69, 9.17) is 0 Å². The van der Waals surface area contributed by atoms with Crippen LogP contribution in [0.2, 0.25) is 0 Å². The van der Waals surface area contributed by atoms with Crippen LogP contribution in [0.5, 0.6) is 0 Å². The smallest absolute Gasteiger partial charge is 0.237 e. The highest BCUT2D eigenvalue weighted by Gasteiger charge is 2.42. The van der Waals surface area contributed by atoms with Crippen molar-refractivity contribution < 1.29 is 4.79 Å². The van der Waals surface area contributed by atoms with Crippen molar-refractivity contribution >= 4 is 5.91 Å². The second-order valence-electron chi connectivity index (χ2n) is 7.02. The summed E-state index contributed by atoms with van der Waals surface area (Å²) in [6, 6.07) is 0.432. The van der Waals surface area contributed by atoms with Crippen LogP contribution >= 0.6 is 0 Å². The predicted octanol–water partition coefficient (Wildman–Crippen LogP) is 1.98. The first-order chi connectivity index (χ1) is 7.29. The number of carbonyl (C=O) groups is 1. The largest absolute Gasteiger partial charge is 0.326 e. The summed E-state index contributed by atoms with van der Waals surface area (Å²) in [5.41, 5.74) is 0.713. The Bertz CT molecular complexity index is 280. The first kappa shape index (κ1) is 11.9. The van der Waals surface area contributed by atoms with Crippen molar-refractivity contribution in [3.05, 3.63) is 0 Å². The third kappa shape index (κ3) is 2.40. The number of hydrogen-bond acceptors (Lipinski definition) is 2. The van der Waals surface area contributed by atoms with Gasteiger partial charge in [-0.15, -0.1) is 0 Å². The van der Waals surface area contributed by atoms with Crippen LogP contribution in [0.1, 0.15) is 47.0 Å². The maximum absolute atomic E-state index is 11.8. The lowest BCUT2D eigenvalue weighted by molar-refractivity contribution is -0.131. The summed E-state index contributed by atoms with van der Waals surface area (Å²) in [5, 5.41) is 3.15. The monoisotopic (exact) mass is 224 g/mol. The fourth-order valence-electron chi connectivity index (χ4n) is 3.81. The Balaban J connectivity index is 2.13. The molecule has 16 heavy (non-hydrogen) atoms. The molecule has 2 aliphatic rings. The maximum atomic E-state index is 11.8. The summed E-state index contributed by atoms with van der Waals surface area (Å²) in [6.45, 7) is 10.6. The van der Waals surface area contributed by atoms with Gasteiger partial charge in [-0.2, -0.15) is 0 Å². The summed E-state index contributed by atoms with van der Waals surface area (Å²) in [6.07, 6.45) is 3.54. The summed E-state index contributed by atoms with van der Waals surface area (Å²) < 4.78 is 0. The zero-order valence-electron chi connectivity index (χ0n) is 11.0. The van der Waals surface area contributed by atoms with Crippen molar-refractivity contribution in [2.45, 2.75) is 53.0 Å². The van der Waals surface area contributed by atoms with Crippen LogP contribution in [0.25, 0.3) is 0 Å². The SMILES string of the molecule is CC1(C)CC(N2CNCC2=O)CC(C)(C)C1. The minimum Gasteiger partial charge on any atom is -0.326 e. The van der Waals surface area contributed by atoms with E-state index in [1.165, 1.54) is 6.42 Å². The summed E-state index contributed by atoms with van der Waals surface area (Å²) in [4.78, 5) is 13.8. The fraction of sp³-hybridized carbons (Fsp3) is 0.923. The molecule has 1 heterocycles. The molecule has 2 rings (SSSR count). The van der Waals surface area contributed by atoms with Gasteiger partial charge in [-0.1, -0.05) is 27.7 Å². The normalized spacial score (nSPS) is 29.8. The van der Waals surface area contributed by atoms with E-state index in [2.05, 4.69) is 33.0 Å². The minimum atomic E-state index is 0.276. The number of nitrogens with one attached hydrogen (secondary N) is 1. The van der Waals surface area contributed by atoms with Crippen molar-refractivity contribution in [3.63, 3.8) is 0 Å². The molecular formula is C13H24N2O. The molecule has 3 nitrogen and oxygen atoms in total. The first-order valence-corrected chi connectivity index (χ1v) is 6.29. The van der Waals surface area contributed by atoms with Crippen molar-refractivity contribution in [3.8, 4) is 0 Å². The van der Waals surface area contributed by atoms with Crippen LogP contribution in [0.4, 0.5) is 0 Å². The van der Waals surface area contributed by atoms with Crippen LogP contribution in [0.15, 0.2) is 0 Å². The molecule has 0 bridgehead atoms. The number of rotatable bonds is 1. The first-order valence-electron chi connectivity index (χ1n) is 6.29. The Morgan fingerprint density at radius 2 is 1.75 bits per heavy atom. The van der Waals surface area contributed by atoms with Gasteiger partial charge in [0.25, 0.3) is 0 Å². The van der Waals surface area contributed by atoms with E-state index in [1.54, 1.807) is 0 Å². The maximum Gasteiger partial charge on any atom is 0.237 e. The van der Waals surface area contributed by atoms with E-state index in [9.17, 15) is 4.79 Å². The summed E-state index contributed by atoms with van der Waals surface area (Å²) in [5.74, 6) is 0.276. The van der Waals surface area contributed by atoms with E-state index in [1.807, 2.05) is 4.90 Å². The number of amides is 1. The number of hydrogen-bond donors (Lipinski definition) is 1. The molecule has 0 radical (unpaired) electrons. The van der Waals surface area contributed by atoms with Gasteiger partial charge in [-0.05, 0) is 30.1 Å². The topological polar surface area (TPSA) is 32.3 Å². The van der Waals surface area contributed by atoms with Crippen LogP contribution in [-0.4, -0.2) is 30.1 Å². The van der Waals surface area contributed by atoms with Gasteiger partial charge in [0.05, 0.1) is 13.2 Å². The van der Waals surface area contributed by atoms with Gasteiger partial charge < -0.3 is 4.90 Å². The van der Waals surface area contributed by atoms with Gasteiger partial charge >= 0.3 is 0 Å². The highest BCUT2D eigenvalue weighted by atomic mass is 16.2. The van der Waals surface area contributed by atoms with Crippen molar-refractivity contribution in [1.29, 1.82) is 0 Å². The van der Waals surface area contributed by atoms with E-state index >= 15 is 0 Å². The fourth-order valence-corrected chi connectivity index (χ4v) is 3.81. The minimum absolute atomic E-state index is 0.276. The zero-order valence-corrected chi connectivity index (χ0v) is 11.0. The lowest BCUT2D eigenvalue weighted by atomic mass is 9.63. The van der Waals surface area contributed by atoms with E-state index in [0.29, 0.717) is 23.4 Å². The van der Waals surface area contributed by atoms with Crippen molar-refractivity contribution in [2.24, 2.45) is 10.8 Å². The molecule has 2 fully saturated rings. The van der Waals surface area contributed by atoms with Crippen LogP contribution in [0.3, 0.4) is 0 Å². The number of nitrogens with zero attached hydrogens (tertiary/aromatic N) is 1. The molecule has 1 N–H and O–H groups in total. The molecule has 1 aliphatic carbocycles. The highest BCUT2D eigenvalue weighted by Crippen LogP contribution is 2.47. The predicted molar refractivity (Wildman–Crippen MR) is 64.9 cm³/mol. The average molecular weight is 224 g/mol. The molecular weight excluding hydrogens is 200 g/mol. The molecule has 92 valence electrons. The Hall–Kier alpha value is -0.570. The van der Waals surface area contributed by atoms with Gasteiger partial charge in [0.15, 0.2) is 0 Å². The third-order valence-electron chi connectivity index (χ3n) is 3.85. The van der Waals surface area contributed by atoms with E-state index in [-0.39, 0.29) is 5.91 Å². The Morgan fingerprint density at radius 1 is 1.19 bits per heavy atom. The second kappa shape index (κ2) is 3.73. The third-order valence-corrected chi connectivity index (χ3v) is 3.85. The molecule has 0 atom stereocenters. The molecule has 0 aromatic rings. The van der Waals surface area contributed by atoms with Crippen LogP contribution < -0.4 is 5.32 Å². The molecule has 0 unspecified atom stereocenters. The summed E-state index contributed by atoms with van der Waals surface area (Å²) in [7, 11) is 0. The standard InChI is InChI=1S/C13H24N2O/c1-12(2)5-10(6-13(3,4)8-12)15-9-14-7-11(15)16/h10,14H,5-9H2,1-4H3. The highest BCUT2D eigenvalue weighted by molar-refractivity contribution is 5.80. The molecule has 0 aromatic heterocycles. The Morgan fingerprint density at radius 3 is 2.19 bits per heavy atom. The lowest BCUT2D eigenvalue weighted by Gasteiger charge is -2.47. The second-order valence-corrected chi connectivity index (χ2v) is 7.02. The molecule has 3 heteroatoms. The van der Waals surface area contributed by atoms with Crippen LogP contribution in [-0.2, 0) is 4.79 Å². The number of carbonyl (C=O) groups excluding carboxylic acids is 1. The van der Waals surface area contributed by atoms with Gasteiger partial charge in [-0.25, -0.2) is 0 Å². The van der Waals surface area contributed by atoms with Crippen LogP contribution in [0, 0.1) is 10.8 Å². The quantitative estimate of drug-likeness (QED) is 0.738. The van der Waals surface area contributed by atoms with Gasteiger partial charge in [0.1, 0.15) is 0 Å². The van der Waals surface area contributed by atoms with E-state index in [0.717, 1.165) is 19.5 Å². The molecule has 1 aliphatic heterocycles. The molecule has 1 amide bonds. The zero-order chi connectivity index (χ0) is 12.0. The van der Waals surface area contributed by atoms with Gasteiger partial charge in [0, 0.05) is 6.04 Å². The molecule has 1 saturated heterocycles. The molecule has 0 aromatic carbocycles. The van der Waals surface area contributed by atoms with E-state index < -0.39 is 0 Å². The van der Waals surface area contributed by atoms with Crippen molar-refractivity contribution in [1.82, 2.24) is 10.2 Å². The van der Waals surface area contributed by atoms with Crippen molar-refractivity contribution in [2.75, 3.05) is 13.2 Å². The Labute approximate surface area is 98.6 Å². The lowest BCUT2D eigenvalue weighted by Crippen LogP contribution is -2.47. The average Bonchev–Trinajstić information content (AvgIpc) is 2.45. The molecule has 0 spiro atoms.